The van der Waals surface area contributed by atoms with Gasteiger partial charge in [-0.1, -0.05) is 37.6 Å². The summed E-state index contributed by atoms with van der Waals surface area (Å²) in [7, 11) is 0. The molecule has 13 heteroatoms. The van der Waals surface area contributed by atoms with E-state index in [0.29, 0.717) is 31.1 Å². The van der Waals surface area contributed by atoms with Gasteiger partial charge in [0, 0.05) is 43.5 Å². The van der Waals surface area contributed by atoms with Crippen molar-refractivity contribution < 1.29 is 18.6 Å². The number of benzene rings is 3. The monoisotopic (exact) mass is 696 g/mol. The summed E-state index contributed by atoms with van der Waals surface area (Å²) in [6, 6.07) is 19.2. The molecule has 4 heterocycles. The van der Waals surface area contributed by atoms with Crippen LogP contribution in [-0.2, 0) is 21.8 Å². The molecule has 2 aliphatic heterocycles. The predicted molar refractivity (Wildman–Crippen MR) is 192 cm³/mol. The molecule has 0 radical (unpaired) electrons. The van der Waals surface area contributed by atoms with E-state index in [1.165, 1.54) is 6.07 Å². The molecule has 0 spiro atoms. The highest BCUT2D eigenvalue weighted by molar-refractivity contribution is 5.55. The Kier molecular flexibility index (Phi) is 9.92. The van der Waals surface area contributed by atoms with Crippen molar-refractivity contribution in [3.63, 3.8) is 0 Å². The van der Waals surface area contributed by atoms with Gasteiger partial charge in [-0.2, -0.15) is 20.1 Å². The van der Waals surface area contributed by atoms with Gasteiger partial charge >= 0.3 is 5.69 Å². The summed E-state index contributed by atoms with van der Waals surface area (Å²) in [5.41, 5.74) is 5.38. The largest absolute Gasteiger partial charge is 0.491 e. The molecule has 51 heavy (non-hydrogen) atoms. The average molecular weight is 697 g/mol. The van der Waals surface area contributed by atoms with Gasteiger partial charge in [-0.25, -0.2) is 18.4 Å². The first-order valence-corrected chi connectivity index (χ1v) is 17.7. The third-order valence-electron chi connectivity index (χ3n) is 9.92. The van der Waals surface area contributed by atoms with Gasteiger partial charge in [0.05, 0.1) is 36.4 Å². The van der Waals surface area contributed by atoms with Crippen molar-refractivity contribution in [3.8, 4) is 11.4 Å². The zero-order valence-electron chi connectivity index (χ0n) is 29.6. The van der Waals surface area contributed by atoms with E-state index in [4.69, 9.17) is 14.2 Å². The molecular formula is C38H45FN8O4. The molecule has 2 atom stereocenters. The van der Waals surface area contributed by atoms with Crippen molar-refractivity contribution in [3.05, 3.63) is 112 Å². The van der Waals surface area contributed by atoms with Crippen LogP contribution < -0.4 is 20.2 Å². The predicted octanol–water partition coefficient (Wildman–Crippen LogP) is 5.42. The molecule has 2 fully saturated rings. The van der Waals surface area contributed by atoms with Crippen LogP contribution in [-0.4, -0.2) is 74.8 Å². The molecule has 2 aliphatic rings. The van der Waals surface area contributed by atoms with Crippen molar-refractivity contribution in [2.24, 2.45) is 0 Å². The highest BCUT2D eigenvalue weighted by Crippen LogP contribution is 2.38. The van der Waals surface area contributed by atoms with Gasteiger partial charge in [0.2, 0.25) is 5.79 Å². The van der Waals surface area contributed by atoms with E-state index >= 15 is 4.39 Å². The van der Waals surface area contributed by atoms with Crippen LogP contribution in [0, 0.1) is 19.7 Å². The lowest BCUT2D eigenvalue weighted by molar-refractivity contribution is -0.192. The normalized spacial score (nSPS) is 19.3. The maximum absolute atomic E-state index is 15.5. The number of rotatable bonds is 12. The second-order valence-electron chi connectivity index (χ2n) is 13.3. The number of halogens is 1. The molecule has 12 nitrogen and oxygen atoms in total. The third-order valence-corrected chi connectivity index (χ3v) is 9.92. The Labute approximate surface area is 297 Å². The zero-order valence-corrected chi connectivity index (χ0v) is 29.6. The number of hydrogen-bond acceptors (Lipinski definition) is 9. The Morgan fingerprint density at radius 1 is 0.902 bits per heavy atom. The summed E-state index contributed by atoms with van der Waals surface area (Å²) in [4.78, 5) is 18.9. The smallest absolute Gasteiger partial charge is 0.350 e. The van der Waals surface area contributed by atoms with Gasteiger partial charge in [-0.05, 0) is 68.7 Å². The first-order valence-electron chi connectivity index (χ1n) is 17.7. The maximum atomic E-state index is 15.5. The summed E-state index contributed by atoms with van der Waals surface area (Å²) in [6.45, 7) is 11.8. The Hall–Kier alpha value is -5.01. The minimum Gasteiger partial charge on any atom is -0.491 e. The summed E-state index contributed by atoms with van der Waals surface area (Å²) in [5, 5.41) is 12.9. The summed E-state index contributed by atoms with van der Waals surface area (Å²) in [5.74, 6) is -0.968. The van der Waals surface area contributed by atoms with E-state index in [1.807, 2.05) is 43.3 Å². The molecule has 0 saturated carbocycles. The van der Waals surface area contributed by atoms with Crippen LogP contribution in [0.4, 0.5) is 15.8 Å². The fourth-order valence-electron chi connectivity index (χ4n) is 7.14. The standard InChI is InChI=1S/C38H45FN8O4/c1-5-29(6-2)47-37(48)45(26-42-47)31-10-8-30(9-11-31)43-17-19-44(20-18-43)36-14-12-32(22-35(36)39)49-23-33-24-50-38(51-33,25-46-40-15-16-41-46)34-13-7-27(3)21-28(34)4/h7-16,21-22,26,29,33H,5-6,17-20,23-25H2,1-4H3/t33-,38-/m1/s1. The molecular weight excluding hydrogens is 651 g/mol. The van der Waals surface area contributed by atoms with Crippen LogP contribution in [0.3, 0.4) is 0 Å². The molecule has 0 bridgehead atoms. The second kappa shape index (κ2) is 14.7. The molecule has 0 amide bonds. The maximum Gasteiger partial charge on any atom is 0.350 e. The Morgan fingerprint density at radius 2 is 1.61 bits per heavy atom. The van der Waals surface area contributed by atoms with Crippen molar-refractivity contribution in [2.75, 3.05) is 49.2 Å². The Bertz CT molecular complexity index is 1980. The van der Waals surface area contributed by atoms with Crippen molar-refractivity contribution in [1.29, 1.82) is 0 Å². The highest BCUT2D eigenvalue weighted by Gasteiger charge is 2.45. The summed E-state index contributed by atoms with van der Waals surface area (Å²) < 4.78 is 37.5. The lowest BCUT2D eigenvalue weighted by Gasteiger charge is -2.37. The van der Waals surface area contributed by atoms with E-state index in [2.05, 4.69) is 51.9 Å². The molecule has 0 N–H and O–H groups in total. The van der Waals surface area contributed by atoms with Crippen molar-refractivity contribution in [1.82, 2.24) is 29.3 Å². The van der Waals surface area contributed by atoms with Crippen molar-refractivity contribution in [2.45, 2.75) is 65.0 Å². The van der Waals surface area contributed by atoms with E-state index in [-0.39, 0.29) is 36.8 Å². The Morgan fingerprint density at radius 3 is 2.29 bits per heavy atom. The molecule has 5 aromatic rings. The molecule has 2 saturated heterocycles. The molecule has 3 aromatic carbocycles. The number of aryl methyl sites for hydroxylation is 2. The summed E-state index contributed by atoms with van der Waals surface area (Å²) in [6.07, 6.45) is 6.18. The number of hydrogen-bond donors (Lipinski definition) is 0. The Balaban J connectivity index is 0.945. The van der Waals surface area contributed by atoms with Gasteiger partial charge in [-0.15, -0.1) is 0 Å². The van der Waals surface area contributed by atoms with E-state index in [9.17, 15) is 4.79 Å². The molecule has 268 valence electrons. The lowest BCUT2D eigenvalue weighted by atomic mass is 9.98. The summed E-state index contributed by atoms with van der Waals surface area (Å²) >= 11 is 0. The third kappa shape index (κ3) is 7.13. The number of anilines is 2. The molecule has 7 rings (SSSR count). The van der Waals surface area contributed by atoms with Gasteiger partial charge in [0.1, 0.15) is 37.1 Å². The lowest BCUT2D eigenvalue weighted by Crippen LogP contribution is -2.46. The van der Waals surface area contributed by atoms with E-state index in [1.54, 1.807) is 44.9 Å². The first-order chi connectivity index (χ1) is 24.8. The van der Waals surface area contributed by atoms with Gasteiger partial charge in [-0.3, -0.25) is 0 Å². The van der Waals surface area contributed by atoms with Crippen LogP contribution in [0.5, 0.6) is 5.75 Å². The van der Waals surface area contributed by atoms with Gasteiger partial charge in [0.15, 0.2) is 0 Å². The van der Waals surface area contributed by atoms with Gasteiger partial charge in [0.25, 0.3) is 0 Å². The van der Waals surface area contributed by atoms with Crippen LogP contribution in [0.2, 0.25) is 0 Å². The van der Waals surface area contributed by atoms with Crippen molar-refractivity contribution >= 4 is 11.4 Å². The SMILES string of the molecule is CCC(CC)n1ncn(-c2ccc(N3CCN(c4ccc(OC[C@@H]5CO[C@@](Cn6nccn6)(c6ccc(C)cc6C)O5)cc4F)CC3)cc2)c1=O. The highest BCUT2D eigenvalue weighted by atomic mass is 19.1. The number of piperazine rings is 1. The fourth-order valence-corrected chi connectivity index (χ4v) is 7.14. The van der Waals surface area contributed by atoms with E-state index in [0.717, 1.165) is 54.0 Å². The van der Waals surface area contributed by atoms with Gasteiger partial charge < -0.3 is 24.0 Å². The van der Waals surface area contributed by atoms with Crippen LogP contribution >= 0.6 is 0 Å². The number of aromatic nitrogens is 6. The van der Waals surface area contributed by atoms with E-state index < -0.39 is 5.79 Å². The fraction of sp³-hybridized carbons (Fsp3) is 0.421. The molecule has 0 unspecified atom stereocenters. The van der Waals surface area contributed by atoms with Crippen LogP contribution in [0.25, 0.3) is 5.69 Å². The van der Waals surface area contributed by atoms with Crippen LogP contribution in [0.1, 0.15) is 49.4 Å². The number of ether oxygens (including phenoxy) is 3. The minimum atomic E-state index is -1.07. The second-order valence-corrected chi connectivity index (χ2v) is 13.3. The quantitative estimate of drug-likeness (QED) is 0.169. The first kappa shape index (κ1) is 34.4. The molecule has 2 aromatic heterocycles. The molecule has 0 aliphatic carbocycles. The van der Waals surface area contributed by atoms with Crippen LogP contribution in [0.15, 0.2) is 84.2 Å². The number of nitrogens with zero attached hydrogens (tertiary/aromatic N) is 8. The minimum absolute atomic E-state index is 0.0941. The topological polar surface area (TPSA) is 105 Å². The average Bonchev–Trinajstić information content (AvgIpc) is 3.90. The zero-order chi connectivity index (χ0) is 35.5.